The van der Waals surface area contributed by atoms with Gasteiger partial charge in [-0.15, -0.1) is 11.3 Å². The molecule has 124 valence electrons. The highest BCUT2D eigenvalue weighted by molar-refractivity contribution is 7.16. The summed E-state index contributed by atoms with van der Waals surface area (Å²) in [4.78, 5) is 13.1. The fourth-order valence-electron chi connectivity index (χ4n) is 1.94. The molecule has 2 amide bonds. The van der Waals surface area contributed by atoms with Crippen molar-refractivity contribution in [3.8, 4) is 11.5 Å². The largest absolute Gasteiger partial charge is 0.495 e. The zero-order valence-electron chi connectivity index (χ0n) is 12.8. The molecule has 23 heavy (non-hydrogen) atoms. The Morgan fingerprint density at radius 3 is 2.43 bits per heavy atom. The van der Waals surface area contributed by atoms with E-state index in [2.05, 4.69) is 10.6 Å². The number of carbonyl (C=O) groups is 1. The van der Waals surface area contributed by atoms with Crippen LogP contribution in [-0.2, 0) is 0 Å². The average molecular weight is 375 g/mol. The predicted molar refractivity (Wildman–Crippen MR) is 94.5 cm³/mol. The number of anilines is 1. The van der Waals surface area contributed by atoms with Crippen LogP contribution in [0.1, 0.15) is 17.8 Å². The molecule has 1 unspecified atom stereocenters. The Kier molecular flexibility index (Phi) is 5.98. The third-order valence-electron chi connectivity index (χ3n) is 3.09. The second kappa shape index (κ2) is 7.77. The molecule has 2 N–H and O–H groups in total. The lowest BCUT2D eigenvalue weighted by molar-refractivity contribution is 0.249. The molecule has 0 aliphatic heterocycles. The summed E-state index contributed by atoms with van der Waals surface area (Å²) in [5.41, 5.74) is 0.451. The van der Waals surface area contributed by atoms with E-state index in [-0.39, 0.29) is 12.1 Å². The molecular formula is C15H16Cl2N2O3S. The van der Waals surface area contributed by atoms with Crippen molar-refractivity contribution in [2.75, 3.05) is 19.5 Å². The third-order valence-corrected chi connectivity index (χ3v) is 4.80. The molecular weight excluding hydrogens is 359 g/mol. The van der Waals surface area contributed by atoms with Crippen molar-refractivity contribution in [2.45, 2.75) is 13.0 Å². The van der Waals surface area contributed by atoms with Crippen molar-refractivity contribution in [1.29, 1.82) is 0 Å². The highest BCUT2D eigenvalue weighted by Crippen LogP contribution is 2.36. The molecule has 0 aliphatic rings. The van der Waals surface area contributed by atoms with Crippen molar-refractivity contribution in [3.63, 3.8) is 0 Å². The summed E-state index contributed by atoms with van der Waals surface area (Å²) in [5, 5.41) is 5.92. The SMILES string of the molecule is COc1cc(OC)c(NC(=O)NC(C)c2ccc(Cl)s2)cc1Cl. The van der Waals surface area contributed by atoms with Gasteiger partial charge >= 0.3 is 6.03 Å². The van der Waals surface area contributed by atoms with Gasteiger partial charge in [-0.3, -0.25) is 0 Å². The minimum Gasteiger partial charge on any atom is -0.495 e. The van der Waals surface area contributed by atoms with Gasteiger partial charge in [0.15, 0.2) is 0 Å². The number of amides is 2. The summed E-state index contributed by atoms with van der Waals surface area (Å²) in [7, 11) is 3.01. The number of ether oxygens (including phenoxy) is 2. The molecule has 0 aliphatic carbocycles. The van der Waals surface area contributed by atoms with E-state index in [1.165, 1.54) is 25.6 Å². The molecule has 0 spiro atoms. The van der Waals surface area contributed by atoms with E-state index in [1.54, 1.807) is 18.2 Å². The lowest BCUT2D eigenvalue weighted by Crippen LogP contribution is -2.30. The first-order valence-corrected chi connectivity index (χ1v) is 8.26. The van der Waals surface area contributed by atoms with Crippen LogP contribution in [0.15, 0.2) is 24.3 Å². The quantitative estimate of drug-likeness (QED) is 0.777. The Hall–Kier alpha value is -1.63. The minimum atomic E-state index is -0.374. The number of halogens is 2. The summed E-state index contributed by atoms with van der Waals surface area (Å²) >= 11 is 13.4. The fraction of sp³-hybridized carbons (Fsp3) is 0.267. The second-order valence-corrected chi connectivity index (χ2v) is 6.80. The van der Waals surface area contributed by atoms with Crippen LogP contribution < -0.4 is 20.1 Å². The standard InChI is InChI=1S/C15H16Cl2N2O3S/c1-8(13-4-5-14(17)23-13)18-15(20)19-10-6-9(16)11(21-2)7-12(10)22-3/h4-8H,1-3H3,(H2,18,19,20). The number of benzene rings is 1. The van der Waals surface area contributed by atoms with Crippen LogP contribution in [-0.4, -0.2) is 20.3 Å². The van der Waals surface area contributed by atoms with Gasteiger partial charge in [-0.05, 0) is 25.1 Å². The first kappa shape index (κ1) is 17.7. The van der Waals surface area contributed by atoms with Crippen molar-refractivity contribution >= 4 is 46.3 Å². The van der Waals surface area contributed by atoms with Crippen LogP contribution in [0.3, 0.4) is 0 Å². The number of thiophene rings is 1. The molecule has 0 saturated carbocycles. The smallest absolute Gasteiger partial charge is 0.319 e. The first-order valence-electron chi connectivity index (χ1n) is 6.69. The lowest BCUT2D eigenvalue weighted by atomic mass is 10.2. The van der Waals surface area contributed by atoms with E-state index in [9.17, 15) is 4.79 Å². The van der Waals surface area contributed by atoms with Crippen molar-refractivity contribution in [1.82, 2.24) is 5.32 Å². The second-order valence-electron chi connectivity index (χ2n) is 4.65. The molecule has 1 atom stereocenters. The molecule has 8 heteroatoms. The maximum absolute atomic E-state index is 12.2. The van der Waals surface area contributed by atoms with E-state index < -0.39 is 0 Å². The van der Waals surface area contributed by atoms with Gasteiger partial charge in [0.05, 0.1) is 35.3 Å². The van der Waals surface area contributed by atoms with Crippen LogP contribution in [0.25, 0.3) is 0 Å². The van der Waals surface area contributed by atoms with Crippen LogP contribution in [0.4, 0.5) is 10.5 Å². The number of nitrogens with one attached hydrogen (secondary N) is 2. The summed E-state index contributed by atoms with van der Waals surface area (Å²) in [6.07, 6.45) is 0. The summed E-state index contributed by atoms with van der Waals surface area (Å²) in [6.45, 7) is 1.87. The zero-order chi connectivity index (χ0) is 17.0. The Bertz CT molecular complexity index is 706. The van der Waals surface area contributed by atoms with E-state index >= 15 is 0 Å². The van der Waals surface area contributed by atoms with Crippen molar-refractivity contribution in [3.05, 3.63) is 38.5 Å². The van der Waals surface area contributed by atoms with Crippen LogP contribution >= 0.6 is 34.5 Å². The number of carbonyl (C=O) groups excluding carboxylic acids is 1. The number of rotatable bonds is 5. The Balaban J connectivity index is 2.09. The van der Waals surface area contributed by atoms with Gasteiger partial charge in [-0.25, -0.2) is 4.79 Å². The molecule has 0 fully saturated rings. The maximum atomic E-state index is 12.2. The molecule has 0 bridgehead atoms. The summed E-state index contributed by atoms with van der Waals surface area (Å²) < 4.78 is 11.0. The van der Waals surface area contributed by atoms with Gasteiger partial charge in [0, 0.05) is 10.9 Å². The van der Waals surface area contributed by atoms with Crippen molar-refractivity contribution in [2.24, 2.45) is 0 Å². The molecule has 2 aromatic rings. The third kappa shape index (κ3) is 4.43. The molecule has 0 saturated heterocycles. The van der Waals surface area contributed by atoms with Crippen LogP contribution in [0.5, 0.6) is 11.5 Å². The lowest BCUT2D eigenvalue weighted by Gasteiger charge is -2.16. The minimum absolute atomic E-state index is 0.174. The highest BCUT2D eigenvalue weighted by atomic mass is 35.5. The monoisotopic (exact) mass is 374 g/mol. The Morgan fingerprint density at radius 2 is 1.87 bits per heavy atom. The van der Waals surface area contributed by atoms with E-state index in [1.807, 2.05) is 13.0 Å². The molecule has 2 rings (SSSR count). The average Bonchev–Trinajstić information content (AvgIpc) is 2.94. The molecule has 1 aromatic heterocycles. The summed E-state index contributed by atoms with van der Waals surface area (Å²) in [6, 6.07) is 6.31. The normalized spacial score (nSPS) is 11.7. The Labute approximate surface area is 148 Å². The van der Waals surface area contributed by atoms with Gasteiger partial charge in [0.2, 0.25) is 0 Å². The predicted octanol–water partition coefficient (Wildman–Crippen LogP) is 4.95. The number of urea groups is 1. The van der Waals surface area contributed by atoms with E-state index in [4.69, 9.17) is 32.7 Å². The molecule has 1 aromatic carbocycles. The highest BCUT2D eigenvalue weighted by Gasteiger charge is 2.15. The van der Waals surface area contributed by atoms with E-state index in [0.29, 0.717) is 26.5 Å². The first-order chi connectivity index (χ1) is 10.9. The van der Waals surface area contributed by atoms with Gasteiger partial charge in [-0.1, -0.05) is 23.2 Å². The van der Waals surface area contributed by atoms with Gasteiger partial charge in [0.25, 0.3) is 0 Å². The summed E-state index contributed by atoms with van der Waals surface area (Å²) in [5.74, 6) is 0.921. The number of hydrogen-bond acceptors (Lipinski definition) is 4. The number of hydrogen-bond donors (Lipinski definition) is 2. The van der Waals surface area contributed by atoms with Crippen molar-refractivity contribution < 1.29 is 14.3 Å². The van der Waals surface area contributed by atoms with E-state index in [0.717, 1.165) is 4.88 Å². The zero-order valence-corrected chi connectivity index (χ0v) is 15.1. The molecule has 5 nitrogen and oxygen atoms in total. The topological polar surface area (TPSA) is 59.6 Å². The number of methoxy groups -OCH3 is 2. The van der Waals surface area contributed by atoms with Gasteiger partial charge < -0.3 is 20.1 Å². The maximum Gasteiger partial charge on any atom is 0.319 e. The molecule has 0 radical (unpaired) electrons. The van der Waals surface area contributed by atoms with Gasteiger partial charge in [0.1, 0.15) is 11.5 Å². The Morgan fingerprint density at radius 1 is 1.17 bits per heavy atom. The van der Waals surface area contributed by atoms with Gasteiger partial charge in [-0.2, -0.15) is 0 Å². The molecule has 1 heterocycles. The van der Waals surface area contributed by atoms with Crippen LogP contribution in [0, 0.1) is 0 Å². The fourth-order valence-corrected chi connectivity index (χ4v) is 3.25. The van der Waals surface area contributed by atoms with Crippen LogP contribution in [0.2, 0.25) is 9.36 Å².